The lowest BCUT2D eigenvalue weighted by Gasteiger charge is -2.12. The van der Waals surface area contributed by atoms with Crippen LogP contribution in [-0.2, 0) is 13.2 Å². The number of pyridine rings is 1. The maximum absolute atomic E-state index is 12.9. The molecule has 204 valence electrons. The predicted molar refractivity (Wildman–Crippen MR) is 142 cm³/mol. The summed E-state index contributed by atoms with van der Waals surface area (Å²) in [5.41, 5.74) is 9.38. The third-order valence-electron chi connectivity index (χ3n) is 5.95. The van der Waals surface area contributed by atoms with Gasteiger partial charge in [0.2, 0.25) is 0 Å². The number of carbonyl (C=O) groups is 2. The van der Waals surface area contributed by atoms with Gasteiger partial charge in [-0.2, -0.15) is 18.3 Å². The number of hydrogen-bond acceptors (Lipinski definition) is 5. The quantitative estimate of drug-likeness (QED) is 0.226. The zero-order valence-corrected chi connectivity index (χ0v) is 21.0. The predicted octanol–water partition coefficient (Wildman–Crippen LogP) is 5.64. The number of amides is 3. The molecule has 6 N–H and O–H groups in total. The number of nitrogens with one attached hydrogen (secondary N) is 3. The van der Waals surface area contributed by atoms with Crippen LogP contribution in [-0.4, -0.2) is 39.0 Å². The Hall–Kier alpha value is -4.81. The van der Waals surface area contributed by atoms with E-state index in [0.717, 1.165) is 52.8 Å². The largest absolute Gasteiger partial charge is 0.465 e. The molecule has 4 aromatic rings. The molecule has 10 nitrogen and oxygen atoms in total. The van der Waals surface area contributed by atoms with Crippen molar-refractivity contribution in [2.24, 2.45) is 7.05 Å². The number of aromatic nitrogens is 3. The van der Waals surface area contributed by atoms with Gasteiger partial charge < -0.3 is 26.8 Å². The van der Waals surface area contributed by atoms with Crippen LogP contribution in [0, 0.1) is 0 Å². The summed E-state index contributed by atoms with van der Waals surface area (Å²) < 4.78 is 40.3. The zero-order chi connectivity index (χ0) is 28.3. The lowest BCUT2D eigenvalue weighted by Crippen LogP contribution is -2.19. The minimum absolute atomic E-state index is 0.0442. The molecule has 2 aromatic heterocycles. The van der Waals surface area contributed by atoms with Gasteiger partial charge in [0, 0.05) is 37.1 Å². The molecule has 0 radical (unpaired) electrons. The van der Waals surface area contributed by atoms with Gasteiger partial charge in [-0.3, -0.25) is 0 Å². The zero-order valence-electron chi connectivity index (χ0n) is 21.0. The highest BCUT2D eigenvalue weighted by molar-refractivity contribution is 6.02. The van der Waals surface area contributed by atoms with Gasteiger partial charge >= 0.3 is 18.3 Å². The van der Waals surface area contributed by atoms with Gasteiger partial charge in [0.15, 0.2) is 11.5 Å². The van der Waals surface area contributed by atoms with E-state index in [9.17, 15) is 22.8 Å². The van der Waals surface area contributed by atoms with Gasteiger partial charge in [-0.05, 0) is 60.4 Å². The van der Waals surface area contributed by atoms with E-state index < -0.39 is 23.9 Å². The molecule has 13 heteroatoms. The Morgan fingerprint density at radius 2 is 1.69 bits per heavy atom. The molecule has 0 atom stereocenters. The number of nitrogens with zero attached hydrogens (tertiary/aromatic N) is 3. The fourth-order valence-corrected chi connectivity index (χ4v) is 3.91. The van der Waals surface area contributed by atoms with Crippen molar-refractivity contribution in [2.45, 2.75) is 24.9 Å². The Bertz CT molecular complexity index is 1510. The SMILES string of the molecule is CNC(=O)O.Cn1nc(N)c2c(-c3ccc(NC(=O)Nc4cccc(C(F)(F)F)c4)cc3)cc(C3CC3)nc21. The summed E-state index contributed by atoms with van der Waals surface area (Å²) in [6, 6.07) is 13.0. The second-order valence-electron chi connectivity index (χ2n) is 8.87. The highest BCUT2D eigenvalue weighted by Gasteiger charge is 2.30. The summed E-state index contributed by atoms with van der Waals surface area (Å²) in [7, 11) is 3.16. The molecule has 0 bridgehead atoms. The molecule has 0 aliphatic heterocycles. The normalized spacial score (nSPS) is 12.8. The summed E-state index contributed by atoms with van der Waals surface area (Å²) in [4.78, 5) is 26.3. The van der Waals surface area contributed by atoms with Crippen molar-refractivity contribution >= 4 is 40.4 Å². The molecule has 2 aromatic carbocycles. The highest BCUT2D eigenvalue weighted by Crippen LogP contribution is 2.42. The molecule has 0 spiro atoms. The Balaban J connectivity index is 0.000000648. The first-order valence-corrected chi connectivity index (χ1v) is 11.9. The Kier molecular flexibility index (Phi) is 7.61. The average molecular weight is 542 g/mol. The molecule has 5 rings (SSSR count). The molecular weight excluding hydrogens is 515 g/mol. The maximum atomic E-state index is 12.9. The molecule has 1 fully saturated rings. The van der Waals surface area contributed by atoms with Crippen molar-refractivity contribution in [3.63, 3.8) is 0 Å². The average Bonchev–Trinajstić information content (AvgIpc) is 3.70. The van der Waals surface area contributed by atoms with Crippen molar-refractivity contribution in [2.75, 3.05) is 23.4 Å². The third-order valence-corrected chi connectivity index (χ3v) is 5.95. The summed E-state index contributed by atoms with van der Waals surface area (Å²) in [5.74, 6) is 0.838. The van der Waals surface area contributed by atoms with Crippen LogP contribution < -0.4 is 21.7 Å². The lowest BCUT2D eigenvalue weighted by molar-refractivity contribution is -0.137. The fourth-order valence-electron chi connectivity index (χ4n) is 3.91. The van der Waals surface area contributed by atoms with Crippen molar-refractivity contribution in [3.8, 4) is 11.1 Å². The van der Waals surface area contributed by atoms with Crippen molar-refractivity contribution < 1.29 is 27.9 Å². The second kappa shape index (κ2) is 10.9. The molecule has 0 saturated heterocycles. The number of nitrogens with two attached hydrogens (primary N) is 1. The Morgan fingerprint density at radius 1 is 1.05 bits per heavy atom. The smallest absolute Gasteiger partial charge is 0.416 e. The molecule has 39 heavy (non-hydrogen) atoms. The van der Waals surface area contributed by atoms with Crippen LogP contribution in [0.25, 0.3) is 22.2 Å². The Labute approximate surface area is 221 Å². The molecule has 0 unspecified atom stereocenters. The number of carboxylic acid groups (broad SMARTS) is 1. The second-order valence-corrected chi connectivity index (χ2v) is 8.87. The van der Waals surface area contributed by atoms with Crippen LogP contribution in [0.15, 0.2) is 54.6 Å². The number of alkyl halides is 3. The monoisotopic (exact) mass is 541 g/mol. The summed E-state index contributed by atoms with van der Waals surface area (Å²) in [6.45, 7) is 0. The topological polar surface area (TPSA) is 147 Å². The number of hydrogen-bond donors (Lipinski definition) is 5. The number of urea groups is 1. The first-order valence-electron chi connectivity index (χ1n) is 11.9. The minimum atomic E-state index is -4.49. The van der Waals surface area contributed by atoms with Gasteiger partial charge in [-0.1, -0.05) is 18.2 Å². The van der Waals surface area contributed by atoms with E-state index >= 15 is 0 Å². The minimum Gasteiger partial charge on any atom is -0.465 e. The van der Waals surface area contributed by atoms with E-state index in [0.29, 0.717) is 17.4 Å². The van der Waals surface area contributed by atoms with E-state index in [1.807, 2.05) is 30.6 Å². The fraction of sp³-hybridized carbons (Fsp3) is 0.231. The van der Waals surface area contributed by atoms with Crippen LogP contribution >= 0.6 is 0 Å². The molecule has 1 aliphatic rings. The third kappa shape index (κ3) is 6.55. The van der Waals surface area contributed by atoms with Crippen LogP contribution in [0.1, 0.15) is 30.0 Å². The number of fused-ring (bicyclic) bond motifs is 1. The van der Waals surface area contributed by atoms with Crippen molar-refractivity contribution in [1.82, 2.24) is 20.1 Å². The molecule has 3 amide bonds. The lowest BCUT2D eigenvalue weighted by atomic mass is 10.0. The maximum Gasteiger partial charge on any atom is 0.416 e. The van der Waals surface area contributed by atoms with Crippen LogP contribution in [0.5, 0.6) is 0 Å². The number of nitrogen functional groups attached to an aromatic ring is 1. The first kappa shape index (κ1) is 27.2. The van der Waals surface area contributed by atoms with Gasteiger partial charge in [0.1, 0.15) is 0 Å². The number of carbonyl (C=O) groups excluding carboxylic acids is 1. The van der Waals surface area contributed by atoms with E-state index in [2.05, 4.69) is 15.7 Å². The summed E-state index contributed by atoms with van der Waals surface area (Å²) in [5, 5.41) is 19.7. The van der Waals surface area contributed by atoms with Gasteiger partial charge in [0.05, 0.1) is 10.9 Å². The molecule has 1 aliphatic carbocycles. The number of halogens is 3. The first-order chi connectivity index (χ1) is 18.5. The number of anilines is 3. The van der Waals surface area contributed by atoms with Crippen LogP contribution in [0.4, 0.5) is 40.0 Å². The molecular formula is C26H26F3N7O3. The number of aryl methyl sites for hydroxylation is 1. The van der Waals surface area contributed by atoms with Gasteiger partial charge in [-0.25, -0.2) is 19.3 Å². The van der Waals surface area contributed by atoms with Crippen LogP contribution in [0.3, 0.4) is 0 Å². The van der Waals surface area contributed by atoms with E-state index in [1.54, 1.807) is 16.8 Å². The van der Waals surface area contributed by atoms with E-state index in [1.165, 1.54) is 19.2 Å². The number of benzene rings is 2. The summed E-state index contributed by atoms with van der Waals surface area (Å²) in [6.07, 6.45) is -3.27. The molecule has 1 saturated carbocycles. The highest BCUT2D eigenvalue weighted by atomic mass is 19.4. The molecule has 2 heterocycles. The standard InChI is InChI=1S/C24H21F3N6O.C2H5NO2/c1-33-22-20(21(28)32-33)18(12-19(31-22)14-5-6-14)13-7-9-16(10-8-13)29-23(34)30-17-4-2-3-15(11-17)24(25,26)27;1-3-2(4)5/h2-4,7-12,14H,5-6H2,1H3,(H2,28,32)(H2,29,30,34);3H,1H3,(H,4,5). The number of rotatable bonds is 4. The summed E-state index contributed by atoms with van der Waals surface area (Å²) >= 11 is 0. The van der Waals surface area contributed by atoms with E-state index in [-0.39, 0.29) is 5.69 Å². The van der Waals surface area contributed by atoms with Crippen LogP contribution in [0.2, 0.25) is 0 Å². The van der Waals surface area contributed by atoms with Crippen molar-refractivity contribution in [1.29, 1.82) is 0 Å². The van der Waals surface area contributed by atoms with Gasteiger partial charge in [0.25, 0.3) is 0 Å². The Morgan fingerprint density at radius 3 is 2.28 bits per heavy atom. The van der Waals surface area contributed by atoms with E-state index in [4.69, 9.17) is 15.8 Å². The van der Waals surface area contributed by atoms with Gasteiger partial charge in [-0.15, -0.1) is 0 Å². The van der Waals surface area contributed by atoms with Crippen molar-refractivity contribution in [3.05, 3.63) is 65.9 Å².